The Hall–Kier alpha value is -2.00. The molecule has 4 heterocycles. The zero-order chi connectivity index (χ0) is 18.6. The Kier molecular flexibility index (Phi) is 5.68. The maximum atomic E-state index is 12.2. The van der Waals surface area contributed by atoms with Gasteiger partial charge in [-0.1, -0.05) is 6.07 Å². The van der Waals surface area contributed by atoms with Crippen molar-refractivity contribution in [2.45, 2.75) is 25.1 Å². The number of nitrogens with zero attached hydrogens (tertiary/aromatic N) is 3. The first kappa shape index (κ1) is 18.4. The molecule has 2 unspecified atom stereocenters. The molecule has 27 heavy (non-hydrogen) atoms. The molecule has 0 aromatic carbocycles. The molecule has 8 heteroatoms. The summed E-state index contributed by atoms with van der Waals surface area (Å²) in [6, 6.07) is 9.60. The zero-order valence-electron chi connectivity index (χ0n) is 15.2. The van der Waals surface area contributed by atoms with Gasteiger partial charge in [0.1, 0.15) is 12.0 Å². The Balaban J connectivity index is 1.32. The van der Waals surface area contributed by atoms with E-state index in [2.05, 4.69) is 25.4 Å². The minimum atomic E-state index is -0.642. The van der Waals surface area contributed by atoms with Crippen LogP contribution in [0.1, 0.15) is 23.9 Å². The van der Waals surface area contributed by atoms with Crippen LogP contribution >= 0.6 is 11.3 Å². The number of aliphatic hydroxyl groups excluding tert-OH is 1. The number of aliphatic hydroxyl groups is 1. The van der Waals surface area contributed by atoms with Crippen LogP contribution in [-0.2, 0) is 4.79 Å². The van der Waals surface area contributed by atoms with Gasteiger partial charge in [0.2, 0.25) is 5.91 Å². The number of anilines is 2. The number of pyridine rings is 1. The van der Waals surface area contributed by atoms with E-state index in [0.29, 0.717) is 0 Å². The molecule has 4 rings (SSSR count). The van der Waals surface area contributed by atoms with E-state index in [1.807, 2.05) is 30.3 Å². The van der Waals surface area contributed by atoms with E-state index < -0.39 is 6.23 Å². The van der Waals surface area contributed by atoms with Crippen LogP contribution in [0.25, 0.3) is 0 Å². The molecule has 7 nitrogen and oxygen atoms in total. The summed E-state index contributed by atoms with van der Waals surface area (Å²) >= 11 is 1.44. The maximum Gasteiger partial charge on any atom is 0.242 e. The number of aromatic nitrogens is 1. The highest BCUT2D eigenvalue weighted by atomic mass is 32.1. The van der Waals surface area contributed by atoms with Crippen molar-refractivity contribution in [1.82, 2.24) is 15.2 Å². The summed E-state index contributed by atoms with van der Waals surface area (Å²) in [5, 5.41) is 17.7. The molecule has 2 atom stereocenters. The Morgan fingerprint density at radius 1 is 1.26 bits per heavy atom. The van der Waals surface area contributed by atoms with Gasteiger partial charge in [0.25, 0.3) is 0 Å². The summed E-state index contributed by atoms with van der Waals surface area (Å²) in [5.74, 6) is 0.993. The van der Waals surface area contributed by atoms with Gasteiger partial charge in [0.05, 0.1) is 15.9 Å². The van der Waals surface area contributed by atoms with Crippen LogP contribution in [0.15, 0.2) is 36.5 Å². The number of hydrogen-bond acceptors (Lipinski definition) is 7. The molecule has 0 radical (unpaired) electrons. The van der Waals surface area contributed by atoms with Crippen molar-refractivity contribution in [1.29, 1.82) is 0 Å². The summed E-state index contributed by atoms with van der Waals surface area (Å²) in [6.45, 7) is 4.09. The van der Waals surface area contributed by atoms with E-state index >= 15 is 0 Å². The Morgan fingerprint density at radius 3 is 2.81 bits per heavy atom. The average molecular weight is 388 g/mol. The monoisotopic (exact) mass is 387 g/mol. The van der Waals surface area contributed by atoms with Crippen molar-refractivity contribution >= 4 is 28.1 Å². The quantitative estimate of drug-likeness (QED) is 0.724. The number of rotatable bonds is 5. The number of nitrogens with one attached hydrogen (secondary N) is 2. The number of carbonyl (C=O) groups excluding carboxylic acids is 1. The molecule has 2 fully saturated rings. The SMILES string of the molecule is O=C(Nc1ccc(C(O)N2CCN(c3ccccn3)CC2)s1)C1CCCN1. The second-order valence-corrected chi connectivity index (χ2v) is 8.04. The smallest absolute Gasteiger partial charge is 0.242 e. The molecule has 2 aromatic heterocycles. The van der Waals surface area contributed by atoms with Crippen LogP contribution in [0, 0.1) is 0 Å². The fourth-order valence-corrected chi connectivity index (χ4v) is 4.52. The van der Waals surface area contributed by atoms with Gasteiger partial charge < -0.3 is 20.6 Å². The summed E-state index contributed by atoms with van der Waals surface area (Å²) in [6.07, 6.45) is 3.08. The van der Waals surface area contributed by atoms with E-state index in [4.69, 9.17) is 0 Å². The highest BCUT2D eigenvalue weighted by Crippen LogP contribution is 2.30. The first-order valence-electron chi connectivity index (χ1n) is 9.43. The Labute approximate surface area is 163 Å². The van der Waals surface area contributed by atoms with Crippen molar-refractivity contribution in [3.05, 3.63) is 41.4 Å². The van der Waals surface area contributed by atoms with Gasteiger partial charge in [-0.25, -0.2) is 4.98 Å². The third-order valence-electron chi connectivity index (χ3n) is 5.14. The molecule has 1 amide bonds. The van der Waals surface area contributed by atoms with Gasteiger partial charge in [-0.3, -0.25) is 9.69 Å². The van der Waals surface area contributed by atoms with E-state index in [1.54, 1.807) is 6.20 Å². The van der Waals surface area contributed by atoms with Crippen molar-refractivity contribution < 1.29 is 9.90 Å². The lowest BCUT2D eigenvalue weighted by molar-refractivity contribution is -0.117. The molecule has 2 aliphatic rings. The predicted molar refractivity (Wildman–Crippen MR) is 107 cm³/mol. The lowest BCUT2D eigenvalue weighted by Gasteiger charge is -2.37. The molecular weight excluding hydrogens is 362 g/mol. The second-order valence-electron chi connectivity index (χ2n) is 6.92. The van der Waals surface area contributed by atoms with Gasteiger partial charge >= 0.3 is 0 Å². The van der Waals surface area contributed by atoms with Gasteiger partial charge in [-0.15, -0.1) is 11.3 Å². The van der Waals surface area contributed by atoms with Crippen LogP contribution in [-0.4, -0.2) is 59.7 Å². The van der Waals surface area contributed by atoms with Gasteiger partial charge in [0.15, 0.2) is 0 Å². The first-order chi connectivity index (χ1) is 13.2. The highest BCUT2D eigenvalue weighted by Gasteiger charge is 2.26. The maximum absolute atomic E-state index is 12.2. The summed E-state index contributed by atoms with van der Waals surface area (Å²) in [7, 11) is 0. The van der Waals surface area contributed by atoms with Crippen LogP contribution < -0.4 is 15.5 Å². The molecule has 0 aliphatic carbocycles. The number of hydrogen-bond donors (Lipinski definition) is 3. The third kappa shape index (κ3) is 4.30. The van der Waals surface area contributed by atoms with E-state index in [0.717, 1.165) is 61.3 Å². The van der Waals surface area contributed by atoms with Crippen molar-refractivity contribution in [2.75, 3.05) is 42.9 Å². The normalized spacial score (nSPS) is 22.0. The van der Waals surface area contributed by atoms with Gasteiger partial charge in [-0.05, 0) is 43.7 Å². The van der Waals surface area contributed by atoms with E-state index in [-0.39, 0.29) is 11.9 Å². The summed E-state index contributed by atoms with van der Waals surface area (Å²) < 4.78 is 0. The standard InChI is InChI=1S/C19H25N5O2S/c25-18(14-4-3-9-20-14)22-17-7-6-15(27-17)19(26)24-12-10-23(11-13-24)16-5-1-2-8-21-16/h1-2,5-8,14,19-20,26H,3-4,9-13H2,(H,22,25). The van der Waals surface area contributed by atoms with Crippen molar-refractivity contribution in [3.8, 4) is 0 Å². The summed E-state index contributed by atoms with van der Waals surface area (Å²) in [5.41, 5.74) is 0. The van der Waals surface area contributed by atoms with Crippen molar-refractivity contribution in [2.24, 2.45) is 0 Å². The van der Waals surface area contributed by atoms with Crippen LogP contribution in [0.4, 0.5) is 10.8 Å². The van der Waals surface area contributed by atoms with Crippen LogP contribution in [0.2, 0.25) is 0 Å². The summed E-state index contributed by atoms with van der Waals surface area (Å²) in [4.78, 5) is 21.8. The highest BCUT2D eigenvalue weighted by molar-refractivity contribution is 7.16. The van der Waals surface area contributed by atoms with E-state index in [1.165, 1.54) is 11.3 Å². The average Bonchev–Trinajstić information content (AvgIpc) is 3.40. The van der Waals surface area contributed by atoms with Gasteiger partial charge in [0, 0.05) is 32.4 Å². The van der Waals surface area contributed by atoms with E-state index in [9.17, 15) is 9.90 Å². The minimum absolute atomic E-state index is 0.0133. The third-order valence-corrected chi connectivity index (χ3v) is 6.18. The second kappa shape index (κ2) is 8.35. The number of carbonyl (C=O) groups is 1. The number of thiophene rings is 1. The molecule has 3 N–H and O–H groups in total. The predicted octanol–water partition coefficient (Wildman–Crippen LogP) is 1.65. The molecular formula is C19H25N5O2S. The fourth-order valence-electron chi connectivity index (χ4n) is 3.59. The molecule has 2 aromatic rings. The van der Waals surface area contributed by atoms with Crippen molar-refractivity contribution in [3.63, 3.8) is 0 Å². The molecule has 0 saturated carbocycles. The lowest BCUT2D eigenvalue weighted by Crippen LogP contribution is -2.47. The lowest BCUT2D eigenvalue weighted by atomic mass is 10.2. The van der Waals surface area contributed by atoms with Crippen LogP contribution in [0.5, 0.6) is 0 Å². The van der Waals surface area contributed by atoms with Crippen LogP contribution in [0.3, 0.4) is 0 Å². The molecule has 0 bridgehead atoms. The van der Waals surface area contributed by atoms with Gasteiger partial charge in [-0.2, -0.15) is 0 Å². The minimum Gasteiger partial charge on any atom is -0.373 e. The first-order valence-corrected chi connectivity index (χ1v) is 10.2. The fraction of sp³-hybridized carbons (Fsp3) is 0.474. The molecule has 144 valence electrons. The molecule has 2 aliphatic heterocycles. The Morgan fingerprint density at radius 2 is 2.11 bits per heavy atom. The Bertz CT molecular complexity index is 754. The molecule has 0 spiro atoms. The number of amides is 1. The number of piperazine rings is 1. The molecule has 2 saturated heterocycles. The largest absolute Gasteiger partial charge is 0.373 e. The zero-order valence-corrected chi connectivity index (χ0v) is 16.0. The topological polar surface area (TPSA) is 80.7 Å².